The van der Waals surface area contributed by atoms with Gasteiger partial charge in [0.05, 0.1) is 0 Å². The van der Waals surface area contributed by atoms with Crippen molar-refractivity contribution in [1.82, 2.24) is 0 Å². The smallest absolute Gasteiger partial charge is 0.345 e. The van der Waals surface area contributed by atoms with Crippen LogP contribution in [0.1, 0.15) is 11.1 Å². The Kier molecular flexibility index (Phi) is 5.59. The van der Waals surface area contributed by atoms with Gasteiger partial charge in [-0.15, -0.1) is 0 Å². The van der Waals surface area contributed by atoms with Crippen molar-refractivity contribution < 1.29 is 14.6 Å². The predicted molar refractivity (Wildman–Crippen MR) is 104 cm³/mol. The van der Waals surface area contributed by atoms with Gasteiger partial charge >= 0.3 is 5.97 Å². The summed E-state index contributed by atoms with van der Waals surface area (Å²) >= 11 is 6.03. The summed E-state index contributed by atoms with van der Waals surface area (Å²) in [6.45, 7) is 1.93. The molecule has 4 heteroatoms. The number of ether oxygens (including phenoxy) is 1. The quantitative estimate of drug-likeness (QED) is 0.636. The maximum absolute atomic E-state index is 11.6. The number of carbonyl (C=O) groups is 1. The van der Waals surface area contributed by atoms with E-state index < -0.39 is 12.1 Å². The molecule has 132 valence electrons. The van der Waals surface area contributed by atoms with Crippen molar-refractivity contribution in [3.8, 4) is 16.9 Å². The van der Waals surface area contributed by atoms with Crippen LogP contribution < -0.4 is 4.74 Å². The van der Waals surface area contributed by atoms with Crippen molar-refractivity contribution in [3.05, 3.63) is 88.9 Å². The summed E-state index contributed by atoms with van der Waals surface area (Å²) in [5, 5.41) is 10.1. The lowest BCUT2D eigenvalue weighted by molar-refractivity contribution is -0.145. The minimum atomic E-state index is -1.00. The molecule has 3 nitrogen and oxygen atoms in total. The van der Waals surface area contributed by atoms with Crippen molar-refractivity contribution in [1.29, 1.82) is 0 Å². The second kappa shape index (κ2) is 8.07. The van der Waals surface area contributed by atoms with Crippen LogP contribution in [0, 0.1) is 6.92 Å². The van der Waals surface area contributed by atoms with E-state index in [1.807, 2.05) is 55.5 Å². The summed E-state index contributed by atoms with van der Waals surface area (Å²) in [4.78, 5) is 11.6. The number of halogens is 1. The molecule has 0 saturated carbocycles. The number of hydrogen-bond donors (Lipinski definition) is 1. The molecule has 0 heterocycles. The molecule has 3 rings (SSSR count). The largest absolute Gasteiger partial charge is 0.478 e. The van der Waals surface area contributed by atoms with Gasteiger partial charge in [0.15, 0.2) is 6.10 Å². The molecule has 26 heavy (non-hydrogen) atoms. The van der Waals surface area contributed by atoms with Crippen LogP contribution in [-0.4, -0.2) is 17.2 Å². The fourth-order valence-electron chi connectivity index (χ4n) is 2.76. The molecular formula is C22H19ClO3. The van der Waals surface area contributed by atoms with E-state index in [1.165, 1.54) is 0 Å². The highest BCUT2D eigenvalue weighted by Gasteiger charge is 2.21. The van der Waals surface area contributed by atoms with Crippen LogP contribution in [0.3, 0.4) is 0 Å². The zero-order valence-corrected chi connectivity index (χ0v) is 15.1. The third-order valence-corrected chi connectivity index (χ3v) is 4.47. The van der Waals surface area contributed by atoms with Gasteiger partial charge in [-0.25, -0.2) is 4.79 Å². The van der Waals surface area contributed by atoms with Crippen LogP contribution in [0.5, 0.6) is 5.75 Å². The lowest BCUT2D eigenvalue weighted by atomic mass is 10.0. The van der Waals surface area contributed by atoms with Gasteiger partial charge in [0.2, 0.25) is 0 Å². The highest BCUT2D eigenvalue weighted by Crippen LogP contribution is 2.24. The second-order valence-electron chi connectivity index (χ2n) is 6.11. The maximum atomic E-state index is 11.6. The van der Waals surface area contributed by atoms with Gasteiger partial charge in [-0.1, -0.05) is 60.1 Å². The molecule has 0 amide bonds. The average molecular weight is 367 g/mol. The van der Waals surface area contributed by atoms with Crippen LogP contribution in [0.4, 0.5) is 0 Å². The summed E-state index contributed by atoms with van der Waals surface area (Å²) in [6, 6.07) is 22.9. The Labute approximate surface area is 157 Å². The van der Waals surface area contributed by atoms with Gasteiger partial charge in [-0.2, -0.15) is 0 Å². The van der Waals surface area contributed by atoms with E-state index in [0.29, 0.717) is 10.8 Å². The Bertz CT molecular complexity index is 889. The molecule has 0 aromatic heterocycles. The van der Waals surface area contributed by atoms with Crippen LogP contribution in [0.25, 0.3) is 11.1 Å². The van der Waals surface area contributed by atoms with Crippen LogP contribution in [0.2, 0.25) is 5.02 Å². The van der Waals surface area contributed by atoms with Crippen molar-refractivity contribution >= 4 is 17.6 Å². The van der Waals surface area contributed by atoms with E-state index in [-0.39, 0.29) is 6.42 Å². The van der Waals surface area contributed by atoms with E-state index in [4.69, 9.17) is 16.3 Å². The van der Waals surface area contributed by atoms with Crippen LogP contribution in [-0.2, 0) is 11.2 Å². The minimum Gasteiger partial charge on any atom is -0.478 e. The molecule has 0 saturated heterocycles. The first-order chi connectivity index (χ1) is 12.5. The molecule has 3 aromatic rings. The first-order valence-corrected chi connectivity index (χ1v) is 8.71. The average Bonchev–Trinajstić information content (AvgIpc) is 2.65. The van der Waals surface area contributed by atoms with E-state index >= 15 is 0 Å². The monoisotopic (exact) mass is 366 g/mol. The molecule has 1 N–H and O–H groups in total. The highest BCUT2D eigenvalue weighted by atomic mass is 35.5. The molecule has 0 fully saturated rings. The normalized spacial score (nSPS) is 11.8. The topological polar surface area (TPSA) is 46.5 Å². The van der Waals surface area contributed by atoms with E-state index in [1.54, 1.807) is 24.3 Å². The lowest BCUT2D eigenvalue weighted by Gasteiger charge is -2.17. The third-order valence-electron chi connectivity index (χ3n) is 4.23. The summed E-state index contributed by atoms with van der Waals surface area (Å²) in [5.41, 5.74) is 4.01. The number of benzene rings is 3. The number of carboxylic acids is 1. The van der Waals surface area contributed by atoms with Gasteiger partial charge < -0.3 is 9.84 Å². The molecule has 0 bridgehead atoms. The molecule has 0 radical (unpaired) electrons. The lowest BCUT2D eigenvalue weighted by Crippen LogP contribution is -2.29. The second-order valence-corrected chi connectivity index (χ2v) is 6.55. The standard InChI is InChI=1S/C22H19ClO3/c1-15-7-10-19(23)13-18(15)14-21(22(24)25)26-20-11-8-17(9-12-20)16-5-3-2-4-6-16/h2-13,21H,14H2,1H3,(H,24,25)/t21-/m1/s1. The Balaban J connectivity index is 1.76. The molecule has 0 unspecified atom stereocenters. The molecule has 0 aliphatic heterocycles. The van der Waals surface area contributed by atoms with Gasteiger partial charge in [-0.3, -0.25) is 0 Å². The fourth-order valence-corrected chi connectivity index (χ4v) is 2.95. The van der Waals surface area contributed by atoms with Crippen molar-refractivity contribution in [2.75, 3.05) is 0 Å². The van der Waals surface area contributed by atoms with Crippen molar-refractivity contribution in [3.63, 3.8) is 0 Å². The summed E-state index contributed by atoms with van der Waals surface area (Å²) < 4.78 is 5.72. The minimum absolute atomic E-state index is 0.252. The summed E-state index contributed by atoms with van der Waals surface area (Å²) in [7, 11) is 0. The van der Waals surface area contributed by atoms with E-state index in [0.717, 1.165) is 22.3 Å². The van der Waals surface area contributed by atoms with Gasteiger partial charge in [0, 0.05) is 11.4 Å². The Morgan fingerprint density at radius 1 is 1.00 bits per heavy atom. The van der Waals surface area contributed by atoms with Crippen LogP contribution in [0.15, 0.2) is 72.8 Å². The predicted octanol–water partition coefficient (Wildman–Crippen LogP) is 5.39. The number of aliphatic carboxylic acids is 1. The molecule has 1 atom stereocenters. The Morgan fingerprint density at radius 3 is 2.31 bits per heavy atom. The van der Waals surface area contributed by atoms with Crippen molar-refractivity contribution in [2.45, 2.75) is 19.4 Å². The molecule has 3 aromatic carbocycles. The van der Waals surface area contributed by atoms with Gasteiger partial charge in [0.25, 0.3) is 0 Å². The number of aryl methyl sites for hydroxylation is 1. The fraction of sp³-hybridized carbons (Fsp3) is 0.136. The third kappa shape index (κ3) is 4.44. The zero-order chi connectivity index (χ0) is 18.5. The number of rotatable bonds is 6. The van der Waals surface area contributed by atoms with Gasteiger partial charge in [-0.05, 0) is 53.4 Å². The SMILES string of the molecule is Cc1ccc(Cl)cc1C[C@@H](Oc1ccc(-c2ccccc2)cc1)C(=O)O. The number of carboxylic acid groups (broad SMARTS) is 1. The Hall–Kier alpha value is -2.78. The maximum Gasteiger partial charge on any atom is 0.345 e. The van der Waals surface area contributed by atoms with Crippen LogP contribution >= 0.6 is 11.6 Å². The highest BCUT2D eigenvalue weighted by molar-refractivity contribution is 6.30. The first-order valence-electron chi connectivity index (χ1n) is 8.33. The zero-order valence-electron chi connectivity index (χ0n) is 14.4. The molecular weight excluding hydrogens is 348 g/mol. The summed E-state index contributed by atoms with van der Waals surface area (Å²) in [6.07, 6.45) is -0.725. The molecule has 0 spiro atoms. The molecule has 0 aliphatic carbocycles. The van der Waals surface area contributed by atoms with Gasteiger partial charge in [0.1, 0.15) is 5.75 Å². The van der Waals surface area contributed by atoms with E-state index in [2.05, 4.69) is 0 Å². The summed E-state index contributed by atoms with van der Waals surface area (Å²) in [5.74, 6) is -0.478. The first kappa shape index (κ1) is 18.0. The molecule has 0 aliphatic rings. The Morgan fingerprint density at radius 2 is 1.65 bits per heavy atom. The van der Waals surface area contributed by atoms with Crippen molar-refractivity contribution in [2.24, 2.45) is 0 Å². The van der Waals surface area contributed by atoms with E-state index in [9.17, 15) is 9.90 Å². The number of hydrogen-bond acceptors (Lipinski definition) is 2.